The first-order chi connectivity index (χ1) is 7.80. The number of allylic oxidation sites excluding steroid dienone is 1. The quantitative estimate of drug-likeness (QED) is 0.554. The molecule has 0 fully saturated rings. The van der Waals surface area contributed by atoms with E-state index in [-0.39, 0.29) is 11.1 Å². The van der Waals surface area contributed by atoms with Gasteiger partial charge in [0.2, 0.25) is 0 Å². The van der Waals surface area contributed by atoms with Gasteiger partial charge in [-0.25, -0.2) is 0 Å². The molecule has 108 valence electrons. The molecular formula is C16H35NSi. The fraction of sp³-hybridized carbons (Fsp3) is 0.875. The maximum absolute atomic E-state index is 2.62. The highest BCUT2D eigenvalue weighted by molar-refractivity contribution is 6.16. The van der Waals surface area contributed by atoms with E-state index in [1.807, 2.05) is 0 Å². The normalized spacial score (nSPS) is 15.6. The van der Waals surface area contributed by atoms with E-state index in [1.54, 1.807) is 5.57 Å². The lowest BCUT2D eigenvalue weighted by Crippen LogP contribution is -2.53. The smallest absolute Gasteiger partial charge is 0.0151 e. The third kappa shape index (κ3) is 5.70. The fourth-order valence-electron chi connectivity index (χ4n) is 2.86. The van der Waals surface area contributed by atoms with Crippen molar-refractivity contribution in [2.24, 2.45) is 0 Å². The third-order valence-electron chi connectivity index (χ3n) is 3.54. The summed E-state index contributed by atoms with van der Waals surface area (Å²) < 4.78 is 0. The zero-order chi connectivity index (χ0) is 14.8. The molecule has 0 N–H and O–H groups in total. The monoisotopic (exact) mass is 269 g/mol. The molecule has 0 bridgehead atoms. The second kappa shape index (κ2) is 5.92. The molecular weight excluding hydrogens is 234 g/mol. The molecule has 0 rings (SSSR count). The van der Waals surface area contributed by atoms with Crippen LogP contribution in [0.5, 0.6) is 0 Å². The highest BCUT2D eigenvalue weighted by Gasteiger charge is 2.31. The molecule has 0 heterocycles. The summed E-state index contributed by atoms with van der Waals surface area (Å²) >= 11 is 0. The molecule has 0 amide bonds. The second-order valence-corrected chi connectivity index (χ2v) is 10.8. The van der Waals surface area contributed by atoms with Crippen molar-refractivity contribution in [3.05, 3.63) is 11.6 Å². The first kappa shape index (κ1) is 17.9. The summed E-state index contributed by atoms with van der Waals surface area (Å²) in [5.74, 6) is 0. The van der Waals surface area contributed by atoms with Crippen molar-refractivity contribution in [1.29, 1.82) is 0 Å². The van der Waals surface area contributed by atoms with Crippen molar-refractivity contribution in [1.82, 2.24) is 4.90 Å². The lowest BCUT2D eigenvalue weighted by molar-refractivity contribution is 0.0394. The highest BCUT2D eigenvalue weighted by atomic mass is 28.1. The van der Waals surface area contributed by atoms with Crippen LogP contribution < -0.4 is 0 Å². The highest BCUT2D eigenvalue weighted by Crippen LogP contribution is 2.34. The average molecular weight is 270 g/mol. The Morgan fingerprint density at radius 1 is 0.944 bits per heavy atom. The Balaban J connectivity index is 4.86. The Bertz CT molecular complexity index is 270. The Kier molecular flexibility index (Phi) is 5.89. The third-order valence-corrected chi connectivity index (χ3v) is 4.18. The van der Waals surface area contributed by atoms with E-state index >= 15 is 0 Å². The van der Waals surface area contributed by atoms with Gasteiger partial charge in [0.05, 0.1) is 0 Å². The molecule has 0 saturated carbocycles. The maximum Gasteiger partial charge on any atom is 0.0151 e. The number of rotatable bonds is 4. The first-order valence-electron chi connectivity index (χ1n) is 7.23. The molecule has 0 aromatic rings. The van der Waals surface area contributed by atoms with Crippen LogP contribution in [-0.4, -0.2) is 32.8 Å². The molecule has 1 nitrogen and oxygen atoms in total. The van der Waals surface area contributed by atoms with Crippen LogP contribution in [0.2, 0.25) is 5.04 Å². The zero-order valence-corrected chi connectivity index (χ0v) is 16.4. The molecule has 0 spiro atoms. The fourth-order valence-corrected chi connectivity index (χ4v) is 3.40. The van der Waals surface area contributed by atoms with E-state index in [9.17, 15) is 0 Å². The minimum Gasteiger partial charge on any atom is -0.293 e. The molecule has 0 aromatic heterocycles. The lowest BCUT2D eigenvalue weighted by Gasteiger charge is -2.46. The number of hydrogen-bond donors (Lipinski definition) is 0. The second-order valence-electron chi connectivity index (χ2n) is 8.31. The summed E-state index contributed by atoms with van der Waals surface area (Å²) in [6.45, 7) is 22.0. The van der Waals surface area contributed by atoms with Gasteiger partial charge in [0.25, 0.3) is 0 Å². The van der Waals surface area contributed by atoms with Gasteiger partial charge in [0, 0.05) is 27.9 Å². The van der Waals surface area contributed by atoms with Crippen molar-refractivity contribution in [2.45, 2.75) is 84.9 Å². The van der Waals surface area contributed by atoms with Crippen molar-refractivity contribution in [3.63, 3.8) is 0 Å². The molecule has 0 unspecified atom stereocenters. The summed E-state index contributed by atoms with van der Waals surface area (Å²) in [5, 5.41) is 0.427. The predicted molar refractivity (Wildman–Crippen MR) is 88.6 cm³/mol. The first-order valence-corrected chi connectivity index (χ1v) is 8.23. The Morgan fingerprint density at radius 2 is 1.33 bits per heavy atom. The molecule has 0 aliphatic heterocycles. The van der Waals surface area contributed by atoms with Gasteiger partial charge in [-0.1, -0.05) is 25.5 Å². The minimum atomic E-state index is 0.229. The van der Waals surface area contributed by atoms with Crippen molar-refractivity contribution < 1.29 is 0 Å². The van der Waals surface area contributed by atoms with Crippen LogP contribution in [-0.2, 0) is 0 Å². The topological polar surface area (TPSA) is 3.24 Å². The van der Waals surface area contributed by atoms with E-state index < -0.39 is 0 Å². The van der Waals surface area contributed by atoms with Crippen LogP contribution in [0.4, 0.5) is 0 Å². The van der Waals surface area contributed by atoms with E-state index in [1.165, 1.54) is 16.7 Å². The van der Waals surface area contributed by atoms with Gasteiger partial charge < -0.3 is 0 Å². The van der Waals surface area contributed by atoms with Gasteiger partial charge in [-0.15, -0.1) is 0 Å². The molecule has 0 aliphatic carbocycles. The van der Waals surface area contributed by atoms with Gasteiger partial charge >= 0.3 is 0 Å². The van der Waals surface area contributed by atoms with Gasteiger partial charge in [0.1, 0.15) is 0 Å². The molecule has 0 atom stereocenters. The van der Waals surface area contributed by atoms with Gasteiger partial charge in [-0.3, -0.25) is 4.90 Å². The number of hydrogen-bond acceptors (Lipinski definition) is 1. The lowest BCUT2D eigenvalue weighted by atomic mass is 9.92. The van der Waals surface area contributed by atoms with Crippen molar-refractivity contribution in [2.75, 3.05) is 6.54 Å². The summed E-state index contributed by atoms with van der Waals surface area (Å²) in [5.41, 5.74) is 2.08. The van der Waals surface area contributed by atoms with Crippen LogP contribution in [0.1, 0.15) is 68.7 Å². The van der Waals surface area contributed by atoms with Gasteiger partial charge in [-0.05, 0) is 59.9 Å². The molecule has 0 aliphatic rings. The summed E-state index contributed by atoms with van der Waals surface area (Å²) in [6.07, 6.45) is 3.53. The van der Waals surface area contributed by atoms with Gasteiger partial charge in [0.15, 0.2) is 0 Å². The molecule has 0 saturated heterocycles. The number of nitrogens with zero attached hydrogens (tertiary/aromatic N) is 1. The largest absolute Gasteiger partial charge is 0.293 e. The minimum absolute atomic E-state index is 0.229. The van der Waals surface area contributed by atoms with E-state index in [4.69, 9.17) is 0 Å². The van der Waals surface area contributed by atoms with Crippen LogP contribution in [0.15, 0.2) is 11.6 Å². The molecule has 0 radical (unpaired) electrons. The van der Waals surface area contributed by atoms with E-state index in [0.717, 1.165) is 6.54 Å². The van der Waals surface area contributed by atoms with Crippen LogP contribution in [0.3, 0.4) is 0 Å². The summed E-state index contributed by atoms with van der Waals surface area (Å²) in [4.78, 5) is 2.62. The Labute approximate surface area is 118 Å². The standard InChI is InChI=1S/C16H35NSi/c1-10-13(16(8,9)18)11-12-17(14(2,3)4)15(5,6)7/h10H,11-12H2,1-9,18H3. The van der Waals surface area contributed by atoms with Crippen LogP contribution in [0, 0.1) is 0 Å². The molecule has 0 aromatic carbocycles. The van der Waals surface area contributed by atoms with Crippen molar-refractivity contribution in [3.8, 4) is 0 Å². The maximum atomic E-state index is 2.62. The molecule has 2 heteroatoms. The van der Waals surface area contributed by atoms with E-state index in [0.29, 0.717) is 5.04 Å². The summed E-state index contributed by atoms with van der Waals surface area (Å²) in [6, 6.07) is 0. The van der Waals surface area contributed by atoms with Gasteiger partial charge in [-0.2, -0.15) is 0 Å². The molecule has 18 heavy (non-hydrogen) atoms. The van der Waals surface area contributed by atoms with Crippen LogP contribution >= 0.6 is 0 Å². The van der Waals surface area contributed by atoms with E-state index in [2.05, 4.69) is 73.3 Å². The predicted octanol–water partition coefficient (Wildman–Crippen LogP) is 3.79. The summed E-state index contributed by atoms with van der Waals surface area (Å²) in [7, 11) is 1.22. The average Bonchev–Trinajstić information content (AvgIpc) is 2.05. The Hall–Kier alpha value is -0.0831. The van der Waals surface area contributed by atoms with Crippen molar-refractivity contribution >= 4 is 10.2 Å². The van der Waals surface area contributed by atoms with Crippen LogP contribution in [0.25, 0.3) is 0 Å². The SMILES string of the molecule is CC=C(CCN(C(C)(C)C)C(C)(C)C)C(C)(C)[SiH3]. The zero-order valence-electron chi connectivity index (χ0n) is 14.4. The Morgan fingerprint density at radius 3 is 1.56 bits per heavy atom.